The van der Waals surface area contributed by atoms with Gasteiger partial charge >= 0.3 is 0 Å². The molecule has 0 amide bonds. The molecule has 1 fully saturated rings. The van der Waals surface area contributed by atoms with Crippen molar-refractivity contribution in [1.29, 1.82) is 0 Å². The molecule has 0 atom stereocenters. The largest absolute Gasteiger partial charge is 0.378 e. The van der Waals surface area contributed by atoms with Crippen molar-refractivity contribution in [2.45, 2.75) is 13.5 Å². The van der Waals surface area contributed by atoms with E-state index in [2.05, 4.69) is 36.6 Å². The van der Waals surface area contributed by atoms with Gasteiger partial charge in [0.2, 0.25) is 0 Å². The highest BCUT2D eigenvalue weighted by molar-refractivity contribution is 6.33. The van der Waals surface area contributed by atoms with E-state index in [0.29, 0.717) is 26.3 Å². The smallest absolute Gasteiger partial charge is 0.270 e. The zero-order chi connectivity index (χ0) is 25.6. The number of rotatable bonds is 7. The minimum absolute atomic E-state index is 0.106. The number of anilines is 3. The molecule has 0 saturated carbocycles. The van der Waals surface area contributed by atoms with Gasteiger partial charge in [0.25, 0.3) is 5.95 Å². The third-order valence-corrected chi connectivity index (χ3v) is 6.22. The fraction of sp³-hybridized carbons (Fsp3) is 0.222. The summed E-state index contributed by atoms with van der Waals surface area (Å²) in [5.41, 5.74) is 5.67. The Bertz CT molecular complexity index is 1390. The number of morpholine rings is 1. The van der Waals surface area contributed by atoms with Gasteiger partial charge < -0.3 is 15.0 Å². The number of nitrogens with zero attached hydrogens (tertiary/aromatic N) is 6. The first-order valence-electron chi connectivity index (χ1n) is 11.9. The molecule has 1 N–H and O–H groups in total. The molecule has 0 aliphatic carbocycles. The number of aryl methyl sites for hydroxylation is 1. The summed E-state index contributed by atoms with van der Waals surface area (Å²) in [6.45, 7) is 4.49. The number of hydrogen-bond acceptors (Lipinski definition) is 8. The molecule has 10 heteroatoms. The van der Waals surface area contributed by atoms with Crippen LogP contribution in [-0.2, 0) is 11.3 Å². The number of halogens is 2. The molecule has 1 aliphatic heterocycles. The maximum absolute atomic E-state index is 14.2. The first-order chi connectivity index (χ1) is 18.1. The lowest BCUT2D eigenvalue weighted by Crippen LogP contribution is -2.37. The van der Waals surface area contributed by atoms with Crippen molar-refractivity contribution in [3.8, 4) is 11.1 Å². The Kier molecular flexibility index (Phi) is 7.62. The van der Waals surface area contributed by atoms with E-state index in [4.69, 9.17) is 16.3 Å². The SMILES string of the molecule is Cc1cccc(Cl)c1-c1cccc(Nc2ccc(CN=Nc3ncc(F)c(N4CCOCC4)n3)nc2)c1. The molecule has 0 bridgehead atoms. The van der Waals surface area contributed by atoms with Crippen molar-refractivity contribution in [2.75, 3.05) is 36.5 Å². The standard InChI is InChI=1S/C27H25ClFN7O/c1-18-4-2-7-23(28)25(18)19-5-3-6-20(14-19)33-22-9-8-21(30-15-22)16-32-35-27-31-17-24(29)26(34-27)36-10-12-37-13-11-36/h2-9,14-15,17,33H,10-13,16H2,1H3. The fourth-order valence-corrected chi connectivity index (χ4v) is 4.40. The summed E-state index contributed by atoms with van der Waals surface area (Å²) in [6.07, 6.45) is 2.86. The first-order valence-corrected chi connectivity index (χ1v) is 12.2. The summed E-state index contributed by atoms with van der Waals surface area (Å²) < 4.78 is 19.5. The van der Waals surface area contributed by atoms with E-state index in [1.165, 1.54) is 0 Å². The van der Waals surface area contributed by atoms with Gasteiger partial charge in [0.1, 0.15) is 6.54 Å². The van der Waals surface area contributed by atoms with Gasteiger partial charge in [0.05, 0.1) is 37.0 Å². The van der Waals surface area contributed by atoms with Crippen LogP contribution in [-0.4, -0.2) is 41.3 Å². The van der Waals surface area contributed by atoms with Crippen LogP contribution >= 0.6 is 11.6 Å². The number of aromatic nitrogens is 3. The number of nitrogens with one attached hydrogen (secondary N) is 1. The predicted octanol–water partition coefficient (Wildman–Crippen LogP) is 6.50. The number of pyridine rings is 1. The molecule has 2 aromatic carbocycles. The van der Waals surface area contributed by atoms with E-state index < -0.39 is 5.82 Å². The Morgan fingerprint density at radius 2 is 1.86 bits per heavy atom. The highest BCUT2D eigenvalue weighted by Crippen LogP contribution is 2.33. The quantitative estimate of drug-likeness (QED) is 0.281. The predicted molar refractivity (Wildman–Crippen MR) is 142 cm³/mol. The van der Waals surface area contributed by atoms with Crippen LogP contribution in [0.3, 0.4) is 0 Å². The molecule has 188 valence electrons. The summed E-state index contributed by atoms with van der Waals surface area (Å²) in [5.74, 6) is -0.164. The summed E-state index contributed by atoms with van der Waals surface area (Å²) in [5, 5.41) is 12.3. The van der Waals surface area contributed by atoms with E-state index in [1.807, 2.05) is 60.4 Å². The van der Waals surface area contributed by atoms with Gasteiger partial charge in [-0.3, -0.25) is 4.98 Å². The van der Waals surface area contributed by atoms with Crippen LogP contribution in [0.1, 0.15) is 11.3 Å². The third-order valence-electron chi connectivity index (χ3n) is 5.90. The monoisotopic (exact) mass is 517 g/mol. The summed E-state index contributed by atoms with van der Waals surface area (Å²) in [4.78, 5) is 14.4. The van der Waals surface area contributed by atoms with Crippen LogP contribution < -0.4 is 10.2 Å². The van der Waals surface area contributed by atoms with Crippen LogP contribution in [0, 0.1) is 12.7 Å². The second kappa shape index (κ2) is 11.4. The normalized spacial score (nSPS) is 13.8. The van der Waals surface area contributed by atoms with Gasteiger partial charge in [-0.1, -0.05) is 35.9 Å². The van der Waals surface area contributed by atoms with Crippen molar-refractivity contribution >= 4 is 34.7 Å². The Hall–Kier alpha value is -3.95. The molecule has 2 aromatic heterocycles. The molecule has 1 aliphatic rings. The van der Waals surface area contributed by atoms with Crippen molar-refractivity contribution in [1.82, 2.24) is 15.0 Å². The second-order valence-electron chi connectivity index (χ2n) is 8.52. The minimum atomic E-state index is -0.488. The molecule has 1 saturated heterocycles. The topological polar surface area (TPSA) is 87.9 Å². The molecule has 4 aromatic rings. The lowest BCUT2D eigenvalue weighted by molar-refractivity contribution is 0.122. The lowest BCUT2D eigenvalue weighted by atomic mass is 10.00. The third kappa shape index (κ3) is 6.07. The van der Waals surface area contributed by atoms with Crippen LogP contribution in [0.25, 0.3) is 11.1 Å². The van der Waals surface area contributed by atoms with Gasteiger partial charge in [-0.05, 0) is 48.4 Å². The number of azo groups is 1. The van der Waals surface area contributed by atoms with E-state index in [9.17, 15) is 4.39 Å². The molecule has 3 heterocycles. The van der Waals surface area contributed by atoms with Crippen molar-refractivity contribution in [3.63, 3.8) is 0 Å². The number of benzene rings is 2. The Balaban J connectivity index is 1.22. The van der Waals surface area contributed by atoms with Crippen LogP contribution in [0.15, 0.2) is 77.2 Å². The van der Waals surface area contributed by atoms with Gasteiger partial charge in [0.15, 0.2) is 11.6 Å². The van der Waals surface area contributed by atoms with E-state index >= 15 is 0 Å². The van der Waals surface area contributed by atoms with E-state index in [0.717, 1.165) is 45.0 Å². The maximum Gasteiger partial charge on any atom is 0.270 e. The van der Waals surface area contributed by atoms with Crippen LogP contribution in [0.4, 0.5) is 27.5 Å². The summed E-state index contributed by atoms with van der Waals surface area (Å²) in [7, 11) is 0. The number of hydrogen-bond donors (Lipinski definition) is 1. The molecule has 0 unspecified atom stereocenters. The van der Waals surface area contributed by atoms with Gasteiger partial charge in [-0.15, -0.1) is 5.11 Å². The summed E-state index contributed by atoms with van der Waals surface area (Å²) >= 11 is 6.45. The average molecular weight is 518 g/mol. The van der Waals surface area contributed by atoms with Gasteiger partial charge in [-0.2, -0.15) is 10.1 Å². The Morgan fingerprint density at radius 1 is 1.03 bits per heavy atom. The zero-order valence-electron chi connectivity index (χ0n) is 20.2. The maximum atomic E-state index is 14.2. The molecule has 8 nitrogen and oxygen atoms in total. The second-order valence-corrected chi connectivity index (χ2v) is 8.92. The van der Waals surface area contributed by atoms with Gasteiger partial charge in [0, 0.05) is 29.4 Å². The van der Waals surface area contributed by atoms with Gasteiger partial charge in [-0.25, -0.2) is 9.37 Å². The van der Waals surface area contributed by atoms with E-state index in [1.54, 1.807) is 6.20 Å². The van der Waals surface area contributed by atoms with Crippen LogP contribution in [0.5, 0.6) is 0 Å². The average Bonchev–Trinajstić information content (AvgIpc) is 2.91. The minimum Gasteiger partial charge on any atom is -0.378 e. The highest BCUT2D eigenvalue weighted by Gasteiger charge is 2.17. The van der Waals surface area contributed by atoms with Crippen LogP contribution in [0.2, 0.25) is 5.02 Å². The lowest BCUT2D eigenvalue weighted by Gasteiger charge is -2.27. The van der Waals surface area contributed by atoms with Crippen molar-refractivity contribution in [3.05, 3.63) is 89.1 Å². The molecule has 5 rings (SSSR count). The Morgan fingerprint density at radius 3 is 2.65 bits per heavy atom. The molecule has 37 heavy (non-hydrogen) atoms. The summed E-state index contributed by atoms with van der Waals surface area (Å²) in [6, 6.07) is 17.8. The molecular weight excluding hydrogens is 493 g/mol. The Labute approximate surface area is 219 Å². The first kappa shape index (κ1) is 24.7. The highest BCUT2D eigenvalue weighted by atomic mass is 35.5. The van der Waals surface area contributed by atoms with Crippen molar-refractivity contribution < 1.29 is 9.13 Å². The zero-order valence-corrected chi connectivity index (χ0v) is 21.0. The number of ether oxygens (including phenoxy) is 1. The molecule has 0 radical (unpaired) electrons. The fourth-order valence-electron chi connectivity index (χ4n) is 4.07. The molecule has 0 spiro atoms. The van der Waals surface area contributed by atoms with E-state index in [-0.39, 0.29) is 18.3 Å². The van der Waals surface area contributed by atoms with Crippen molar-refractivity contribution in [2.24, 2.45) is 10.2 Å². The molecular formula is C27H25ClFN7O.